The number of carbonyl (C=O) groups excluding carboxylic acids is 2. The third-order valence-corrected chi connectivity index (χ3v) is 15.8. The van der Waals surface area contributed by atoms with Crippen LogP contribution in [0.4, 0.5) is 0 Å². The van der Waals surface area contributed by atoms with Crippen molar-refractivity contribution in [1.82, 2.24) is 0 Å². The van der Waals surface area contributed by atoms with Crippen molar-refractivity contribution < 1.29 is 62.9 Å². The van der Waals surface area contributed by atoms with Crippen molar-refractivity contribution in [1.29, 1.82) is 0 Å². The Morgan fingerprint density at radius 1 is 0.786 bits per heavy atom. The summed E-state index contributed by atoms with van der Waals surface area (Å²) in [5, 5.41) is 40.2. The average molecular weight is 815 g/mol. The Bertz CT molecular complexity index is 1720. The number of benzene rings is 3. The second kappa shape index (κ2) is 18.2. The maximum absolute atomic E-state index is 13.9. The third-order valence-electron chi connectivity index (χ3n) is 9.96. The molecule has 5 N–H and O–H groups in total. The molecule has 0 bridgehead atoms. The lowest BCUT2D eigenvalue weighted by Gasteiger charge is -2.48. The van der Waals surface area contributed by atoms with Gasteiger partial charge in [0.1, 0.15) is 54.8 Å². The van der Waals surface area contributed by atoms with Gasteiger partial charge in [0.15, 0.2) is 12.4 Å². The van der Waals surface area contributed by atoms with E-state index in [1.54, 1.807) is 60.7 Å². The molecule has 10 atom stereocenters. The van der Waals surface area contributed by atoms with Crippen molar-refractivity contribution in [3.63, 3.8) is 0 Å². The summed E-state index contributed by atoms with van der Waals surface area (Å²) in [6.07, 6.45) is -13.0. The van der Waals surface area contributed by atoms with Crippen molar-refractivity contribution in [3.05, 3.63) is 102 Å². The van der Waals surface area contributed by atoms with Crippen LogP contribution in [0.5, 0.6) is 0 Å². The quantitative estimate of drug-likeness (QED) is 0.113. The number of hydrogen-bond donors (Lipinski definition) is 5. The van der Waals surface area contributed by atoms with E-state index in [1.165, 1.54) is 11.8 Å². The summed E-state index contributed by atoms with van der Waals surface area (Å²) < 4.78 is 37.9. The van der Waals surface area contributed by atoms with Crippen LogP contribution in [0.1, 0.15) is 67.8 Å². The number of esters is 2. The summed E-state index contributed by atoms with van der Waals surface area (Å²) in [7, 11) is -3.93. The second-order valence-corrected chi connectivity index (χ2v) is 21.9. The minimum Gasteiger partial charge on any atom is -0.459 e. The van der Waals surface area contributed by atoms with Crippen molar-refractivity contribution in [2.75, 3.05) is 13.2 Å². The summed E-state index contributed by atoms with van der Waals surface area (Å²) in [5.74, 6) is -1.38. The zero-order valence-electron chi connectivity index (χ0n) is 32.7. The molecule has 3 aromatic rings. The third kappa shape index (κ3) is 9.90. The first-order valence-electron chi connectivity index (χ1n) is 18.6. The van der Waals surface area contributed by atoms with Crippen LogP contribution in [0.3, 0.4) is 0 Å². The van der Waals surface area contributed by atoms with Crippen LogP contribution in [0.25, 0.3) is 0 Å². The van der Waals surface area contributed by atoms with Crippen molar-refractivity contribution in [2.45, 2.75) is 124 Å². The molecule has 2 saturated heterocycles. The lowest BCUT2D eigenvalue weighted by molar-refractivity contribution is -0.231. The van der Waals surface area contributed by atoms with Crippen molar-refractivity contribution in [2.24, 2.45) is 0 Å². The van der Waals surface area contributed by atoms with Gasteiger partial charge >= 0.3 is 20.5 Å². The van der Waals surface area contributed by atoms with E-state index in [9.17, 15) is 34.8 Å². The summed E-state index contributed by atoms with van der Waals surface area (Å²) in [6.45, 7) is 11.9. The Morgan fingerprint density at radius 3 is 1.88 bits per heavy atom. The van der Waals surface area contributed by atoms with Crippen LogP contribution in [-0.2, 0) is 28.1 Å². The Morgan fingerprint density at radius 2 is 1.34 bits per heavy atom. The monoisotopic (exact) mass is 814 g/mol. The van der Waals surface area contributed by atoms with Gasteiger partial charge in [0, 0.05) is 15.0 Å². The van der Waals surface area contributed by atoms with Crippen LogP contribution in [-0.4, -0.2) is 119 Å². The maximum Gasteiger partial charge on any atom is 0.347 e. The topological polar surface area (TPSA) is 191 Å². The van der Waals surface area contributed by atoms with Gasteiger partial charge in [-0.1, -0.05) is 107 Å². The highest BCUT2D eigenvalue weighted by Gasteiger charge is 2.62. The van der Waals surface area contributed by atoms with E-state index in [-0.39, 0.29) is 11.1 Å². The number of carbonyl (C=O) groups is 2. The van der Waals surface area contributed by atoms with Crippen molar-refractivity contribution in [3.8, 4) is 0 Å². The fourth-order valence-corrected chi connectivity index (χ4v) is 11.6. The molecule has 3 aromatic carbocycles. The highest BCUT2D eigenvalue weighted by atomic mass is 32.2. The van der Waals surface area contributed by atoms with Gasteiger partial charge in [0.2, 0.25) is 0 Å². The number of aliphatic hydroxyl groups excluding tert-OH is 4. The number of ether oxygens (including phenoxy) is 5. The highest BCUT2D eigenvalue weighted by Crippen LogP contribution is 2.52. The molecule has 0 aliphatic carbocycles. The standard InChI is InChI=1S/C41H54O13SSi/c1-24-18-20-27(21-19-24)55-39-35(51-37(47)26-16-12-9-13-17-26)34(54-56(48,40(2,3)4)41(5,6)7)33(53-39)29(23-49-36(46)25-14-10-8-11-15-25)50-38-31(45)30(44)32(52-38)28(43)22-42/h8-21,28-35,38-39,42-45,48H,22-23H2,1-7H3/t28-,29-,30-,31-,32+,33+,34+,35-,38-,39+/m1/s1. The van der Waals surface area contributed by atoms with Gasteiger partial charge in [-0.25, -0.2) is 9.59 Å². The fraction of sp³-hybridized carbons (Fsp3) is 0.512. The molecule has 0 spiro atoms. The Kier molecular flexibility index (Phi) is 14.2. The number of rotatable bonds is 14. The first kappa shape index (κ1) is 43.9. The SMILES string of the molecule is Cc1ccc(S[C@@H]2O[C@@H]([C@@H](COC(=O)c3ccccc3)O[C@@H]3O[C@@H]([C@H](O)CO)[C@H](O)[C@H]3O)[C@H](O[Si](O)(C(C)(C)C)C(C)(C)C)[C@H]2OC(=O)c2ccccc2)cc1. The molecule has 5 rings (SSSR count). The fourth-order valence-electron chi connectivity index (χ4n) is 6.90. The molecular weight excluding hydrogens is 761 g/mol. The molecule has 0 aromatic heterocycles. The molecule has 2 aliphatic rings. The smallest absolute Gasteiger partial charge is 0.347 e. The van der Waals surface area contributed by atoms with Crippen LogP contribution >= 0.6 is 11.8 Å². The zero-order valence-corrected chi connectivity index (χ0v) is 34.5. The average Bonchev–Trinajstić information content (AvgIpc) is 3.63. The molecule has 2 aliphatic heterocycles. The van der Waals surface area contributed by atoms with Crippen LogP contribution in [0.15, 0.2) is 89.8 Å². The number of thioether (sulfide) groups is 1. The zero-order chi connectivity index (χ0) is 41.0. The number of hydrogen-bond acceptors (Lipinski definition) is 14. The molecule has 0 radical (unpaired) electrons. The van der Waals surface area contributed by atoms with Crippen LogP contribution in [0.2, 0.25) is 10.1 Å². The first-order valence-corrected chi connectivity index (χ1v) is 21.3. The van der Waals surface area contributed by atoms with Gasteiger partial charge in [-0.3, -0.25) is 0 Å². The Hall–Kier alpha value is -3.19. The largest absolute Gasteiger partial charge is 0.459 e. The first-order chi connectivity index (χ1) is 26.3. The van der Waals surface area contributed by atoms with E-state index >= 15 is 0 Å². The van der Waals surface area contributed by atoms with E-state index in [4.69, 9.17) is 28.1 Å². The molecule has 2 fully saturated rings. The normalized spacial score (nSPS) is 26.8. The minimum atomic E-state index is -3.93. The van der Waals surface area contributed by atoms with Gasteiger partial charge in [-0.05, 0) is 43.3 Å². The van der Waals surface area contributed by atoms with E-state index in [1.807, 2.05) is 72.7 Å². The second-order valence-electron chi connectivity index (χ2n) is 16.2. The highest BCUT2D eigenvalue weighted by molar-refractivity contribution is 7.99. The Balaban J connectivity index is 1.62. The Labute approximate surface area is 333 Å². The molecule has 0 saturated carbocycles. The van der Waals surface area contributed by atoms with Gasteiger partial charge in [-0.2, -0.15) is 0 Å². The predicted octanol–water partition coefficient (Wildman–Crippen LogP) is 4.50. The summed E-state index contributed by atoms with van der Waals surface area (Å²) in [6, 6.07) is 24.3. The summed E-state index contributed by atoms with van der Waals surface area (Å²) >= 11 is 1.25. The molecular formula is C41H54O13SSi. The van der Waals surface area contributed by atoms with E-state index < -0.39 is 104 Å². The summed E-state index contributed by atoms with van der Waals surface area (Å²) in [4.78, 5) is 40.7. The van der Waals surface area contributed by atoms with Gasteiger partial charge < -0.3 is 53.3 Å². The minimum absolute atomic E-state index is 0.245. The van der Waals surface area contributed by atoms with E-state index in [2.05, 4.69) is 0 Å². The van der Waals surface area contributed by atoms with Gasteiger partial charge in [0.25, 0.3) is 0 Å². The number of aliphatic hydroxyl groups is 4. The molecule has 2 heterocycles. The maximum atomic E-state index is 13.9. The van der Waals surface area contributed by atoms with Gasteiger partial charge in [-0.15, -0.1) is 0 Å². The molecule has 13 nitrogen and oxygen atoms in total. The lowest BCUT2D eigenvalue weighted by atomic mass is 10.1. The summed E-state index contributed by atoms with van der Waals surface area (Å²) in [5.41, 5.74) is 0.561. The van der Waals surface area contributed by atoms with Gasteiger partial charge in [0.05, 0.1) is 17.7 Å². The lowest BCUT2D eigenvalue weighted by Crippen LogP contribution is -2.61. The number of aryl methyl sites for hydroxylation is 1. The van der Waals surface area contributed by atoms with E-state index in [0.717, 1.165) is 10.5 Å². The van der Waals surface area contributed by atoms with Crippen molar-refractivity contribution >= 4 is 32.3 Å². The van der Waals surface area contributed by atoms with Crippen LogP contribution < -0.4 is 0 Å². The molecule has 15 heteroatoms. The molecule has 306 valence electrons. The molecule has 0 unspecified atom stereocenters. The molecule has 0 amide bonds. The van der Waals surface area contributed by atoms with Crippen LogP contribution in [0, 0.1) is 6.92 Å². The predicted molar refractivity (Wildman–Crippen MR) is 209 cm³/mol. The van der Waals surface area contributed by atoms with E-state index in [0.29, 0.717) is 0 Å². The molecule has 56 heavy (non-hydrogen) atoms.